The summed E-state index contributed by atoms with van der Waals surface area (Å²) in [6.45, 7) is 6.19. The lowest BCUT2D eigenvalue weighted by Crippen LogP contribution is -1.90. The second kappa shape index (κ2) is 6.23. The van der Waals surface area contributed by atoms with Gasteiger partial charge in [0.2, 0.25) is 0 Å². The minimum atomic E-state index is 1.19. The Morgan fingerprint density at radius 3 is 2.07 bits per heavy atom. The van der Waals surface area contributed by atoms with Gasteiger partial charge in [0.1, 0.15) is 0 Å². The van der Waals surface area contributed by atoms with Crippen molar-refractivity contribution < 1.29 is 0 Å². The summed E-state index contributed by atoms with van der Waals surface area (Å²) in [4.78, 5) is 0. The Labute approximate surface area is 93.3 Å². The number of allylic oxidation sites excluding steroid dienone is 4. The minimum absolute atomic E-state index is 1.19. The van der Waals surface area contributed by atoms with E-state index in [9.17, 15) is 0 Å². The predicted octanol–water partition coefficient (Wildman–Crippen LogP) is 4.84. The van der Waals surface area contributed by atoms with E-state index < -0.39 is 0 Å². The number of benzene rings is 1. The smallest absolute Gasteiger partial charge is 0.0224 e. The molecule has 1 aromatic carbocycles. The highest BCUT2D eigenvalue weighted by Gasteiger charge is 2.04. The Morgan fingerprint density at radius 2 is 1.53 bits per heavy atom. The molecule has 0 saturated carbocycles. The van der Waals surface area contributed by atoms with Crippen molar-refractivity contribution in [2.75, 3.05) is 0 Å². The monoisotopic (exact) mass is 200 g/mol. The third kappa shape index (κ3) is 3.39. The van der Waals surface area contributed by atoms with Crippen LogP contribution in [-0.4, -0.2) is 0 Å². The summed E-state index contributed by atoms with van der Waals surface area (Å²) in [5, 5.41) is 0. The maximum absolute atomic E-state index is 2.24. The lowest BCUT2D eigenvalue weighted by atomic mass is 9.94. The Balaban J connectivity index is 0.000000531. The van der Waals surface area contributed by atoms with Crippen molar-refractivity contribution >= 4 is 5.57 Å². The topological polar surface area (TPSA) is 0 Å². The zero-order valence-electron chi connectivity index (χ0n) is 9.96. The second-order valence-corrected chi connectivity index (χ2v) is 3.57. The van der Waals surface area contributed by atoms with Crippen LogP contribution in [0.4, 0.5) is 0 Å². The summed E-state index contributed by atoms with van der Waals surface area (Å²) in [5.41, 5.74) is 4.32. The SMILES string of the molecule is CC.CC1=CC=C(c2ccccc2)CC1. The molecule has 0 unspecified atom stereocenters. The van der Waals surface area contributed by atoms with Crippen LogP contribution in [0.5, 0.6) is 0 Å². The minimum Gasteiger partial charge on any atom is -0.0730 e. The molecule has 0 amide bonds. The van der Waals surface area contributed by atoms with Gasteiger partial charge >= 0.3 is 0 Å². The Kier molecular flexibility index (Phi) is 4.89. The van der Waals surface area contributed by atoms with Gasteiger partial charge in [-0.15, -0.1) is 0 Å². The first kappa shape index (κ1) is 11.8. The highest BCUT2D eigenvalue weighted by molar-refractivity contribution is 5.68. The molecular weight excluding hydrogens is 180 g/mol. The fourth-order valence-corrected chi connectivity index (χ4v) is 1.63. The quantitative estimate of drug-likeness (QED) is 0.608. The Hall–Kier alpha value is -1.30. The third-order valence-electron chi connectivity index (χ3n) is 2.50. The average molecular weight is 200 g/mol. The molecule has 2 rings (SSSR count). The van der Waals surface area contributed by atoms with Gasteiger partial charge in [0, 0.05) is 0 Å². The maximum Gasteiger partial charge on any atom is -0.0224 e. The van der Waals surface area contributed by atoms with Gasteiger partial charge in [-0.3, -0.25) is 0 Å². The summed E-state index contributed by atoms with van der Waals surface area (Å²) < 4.78 is 0. The van der Waals surface area contributed by atoms with Gasteiger partial charge in [0.15, 0.2) is 0 Å². The lowest BCUT2D eigenvalue weighted by Gasteiger charge is -2.11. The highest BCUT2D eigenvalue weighted by Crippen LogP contribution is 2.25. The first-order valence-corrected chi connectivity index (χ1v) is 5.78. The van der Waals surface area contributed by atoms with Gasteiger partial charge in [-0.2, -0.15) is 0 Å². The molecule has 0 spiro atoms. The Bertz CT molecular complexity index is 342. The van der Waals surface area contributed by atoms with Crippen LogP contribution < -0.4 is 0 Å². The number of hydrogen-bond donors (Lipinski definition) is 0. The molecule has 0 radical (unpaired) electrons. The van der Waals surface area contributed by atoms with E-state index >= 15 is 0 Å². The van der Waals surface area contributed by atoms with E-state index in [0.717, 1.165) is 0 Å². The standard InChI is InChI=1S/C13H14.C2H6/c1-11-7-9-13(10-8-11)12-5-3-2-4-6-12;1-2/h2-7,9H,8,10H2,1H3;1-2H3. The van der Waals surface area contributed by atoms with Crippen molar-refractivity contribution in [3.63, 3.8) is 0 Å². The predicted molar refractivity (Wildman–Crippen MR) is 68.8 cm³/mol. The molecular formula is C15H20. The molecule has 0 N–H and O–H groups in total. The highest BCUT2D eigenvalue weighted by atomic mass is 14.1. The van der Waals surface area contributed by atoms with Gasteiger partial charge in [-0.1, -0.05) is 61.9 Å². The molecule has 0 saturated heterocycles. The van der Waals surface area contributed by atoms with Crippen LogP contribution in [0.2, 0.25) is 0 Å². The van der Waals surface area contributed by atoms with Crippen molar-refractivity contribution in [3.05, 3.63) is 53.6 Å². The van der Waals surface area contributed by atoms with Gasteiger partial charge in [-0.05, 0) is 30.9 Å². The average Bonchev–Trinajstić information content (AvgIpc) is 2.34. The van der Waals surface area contributed by atoms with Gasteiger partial charge < -0.3 is 0 Å². The van der Waals surface area contributed by atoms with Crippen LogP contribution in [0.3, 0.4) is 0 Å². The molecule has 0 heteroatoms. The fourth-order valence-electron chi connectivity index (χ4n) is 1.63. The summed E-state index contributed by atoms with van der Waals surface area (Å²) in [6, 6.07) is 10.6. The van der Waals surface area contributed by atoms with Crippen LogP contribution in [-0.2, 0) is 0 Å². The van der Waals surface area contributed by atoms with E-state index in [-0.39, 0.29) is 0 Å². The summed E-state index contributed by atoms with van der Waals surface area (Å²) >= 11 is 0. The number of hydrogen-bond acceptors (Lipinski definition) is 0. The molecule has 0 nitrogen and oxygen atoms in total. The van der Waals surface area contributed by atoms with E-state index in [1.165, 1.54) is 29.6 Å². The zero-order chi connectivity index (χ0) is 11.1. The van der Waals surface area contributed by atoms with E-state index in [0.29, 0.717) is 0 Å². The normalized spacial score (nSPS) is 14.6. The summed E-state index contributed by atoms with van der Waals surface area (Å²) in [5.74, 6) is 0. The molecule has 80 valence electrons. The third-order valence-corrected chi connectivity index (χ3v) is 2.50. The van der Waals surface area contributed by atoms with E-state index in [1.807, 2.05) is 13.8 Å². The van der Waals surface area contributed by atoms with Crippen molar-refractivity contribution in [3.8, 4) is 0 Å². The zero-order valence-corrected chi connectivity index (χ0v) is 9.96. The van der Waals surface area contributed by atoms with Crippen molar-refractivity contribution in [2.45, 2.75) is 33.6 Å². The molecule has 1 aliphatic carbocycles. The Morgan fingerprint density at radius 1 is 0.867 bits per heavy atom. The molecule has 0 aliphatic heterocycles. The fraction of sp³-hybridized carbons (Fsp3) is 0.333. The van der Waals surface area contributed by atoms with Gasteiger partial charge in [-0.25, -0.2) is 0 Å². The molecule has 0 atom stereocenters. The van der Waals surface area contributed by atoms with Gasteiger partial charge in [0.05, 0.1) is 0 Å². The molecule has 0 heterocycles. The van der Waals surface area contributed by atoms with Crippen LogP contribution in [0.1, 0.15) is 39.2 Å². The van der Waals surface area contributed by atoms with E-state index in [4.69, 9.17) is 0 Å². The molecule has 1 aromatic rings. The van der Waals surface area contributed by atoms with Crippen molar-refractivity contribution in [1.82, 2.24) is 0 Å². The summed E-state index contributed by atoms with van der Waals surface area (Å²) in [7, 11) is 0. The van der Waals surface area contributed by atoms with Crippen LogP contribution >= 0.6 is 0 Å². The van der Waals surface area contributed by atoms with Crippen LogP contribution in [0.15, 0.2) is 48.1 Å². The molecule has 0 aromatic heterocycles. The van der Waals surface area contributed by atoms with Gasteiger partial charge in [0.25, 0.3) is 0 Å². The first-order valence-electron chi connectivity index (χ1n) is 5.78. The van der Waals surface area contributed by atoms with Crippen molar-refractivity contribution in [2.24, 2.45) is 0 Å². The lowest BCUT2D eigenvalue weighted by molar-refractivity contribution is 0.977. The molecule has 15 heavy (non-hydrogen) atoms. The summed E-state index contributed by atoms with van der Waals surface area (Å²) in [6.07, 6.45) is 6.87. The largest absolute Gasteiger partial charge is 0.0730 e. The maximum atomic E-state index is 2.24. The van der Waals surface area contributed by atoms with Crippen LogP contribution in [0.25, 0.3) is 5.57 Å². The first-order chi connectivity index (χ1) is 7.36. The van der Waals surface area contributed by atoms with Crippen molar-refractivity contribution in [1.29, 1.82) is 0 Å². The van der Waals surface area contributed by atoms with Crippen LogP contribution in [0, 0.1) is 0 Å². The van der Waals surface area contributed by atoms with E-state index in [2.05, 4.69) is 49.4 Å². The number of rotatable bonds is 1. The molecule has 1 aliphatic rings. The molecule has 0 bridgehead atoms. The van der Waals surface area contributed by atoms with E-state index in [1.54, 1.807) is 0 Å². The molecule has 0 fully saturated rings. The second-order valence-electron chi connectivity index (χ2n) is 3.57.